The number of hydrogen-bond acceptors (Lipinski definition) is 3. The molecule has 3 fully saturated rings. The first-order valence-electron chi connectivity index (χ1n) is 10.1. The molecule has 1 aromatic rings. The molecule has 27 heavy (non-hydrogen) atoms. The molecule has 6 atom stereocenters. The number of fused-ring (bicyclic) bond motifs is 5. The topological polar surface area (TPSA) is 35.5 Å². The van der Waals surface area contributed by atoms with Crippen molar-refractivity contribution in [3.8, 4) is 11.8 Å². The third-order valence-electron chi connectivity index (χ3n) is 8.24. The zero-order valence-corrected chi connectivity index (χ0v) is 16.8. The first-order chi connectivity index (χ1) is 12.8. The van der Waals surface area contributed by atoms with Crippen molar-refractivity contribution in [2.24, 2.45) is 22.7 Å². The second kappa shape index (κ2) is 6.58. The lowest BCUT2D eigenvalue weighted by atomic mass is 9.64. The number of aliphatic hydroxyl groups excluding tert-OH is 1. The van der Waals surface area contributed by atoms with Crippen LogP contribution in [0, 0.1) is 40.3 Å². The fraction of sp³-hybridized carbons (Fsp3) is 0.652. The molecule has 0 radical (unpaired) electrons. The smallest absolute Gasteiger partial charge is 0.123 e. The van der Waals surface area contributed by atoms with E-state index in [0.717, 1.165) is 12.2 Å². The van der Waals surface area contributed by atoms with Crippen LogP contribution in [0.25, 0.3) is 0 Å². The van der Waals surface area contributed by atoms with Gasteiger partial charge in [0, 0.05) is 12.1 Å². The molecule has 3 aliphatic rings. The number of hydrogen-bond donors (Lipinski definition) is 2. The first kappa shape index (κ1) is 18.9. The summed E-state index contributed by atoms with van der Waals surface area (Å²) in [4.78, 5) is 2.48. The van der Waals surface area contributed by atoms with Gasteiger partial charge in [0.15, 0.2) is 0 Å². The highest BCUT2D eigenvalue weighted by Gasteiger charge is 2.69. The Morgan fingerprint density at radius 2 is 2.00 bits per heavy atom. The van der Waals surface area contributed by atoms with Crippen LogP contribution in [0.2, 0.25) is 0 Å². The van der Waals surface area contributed by atoms with Gasteiger partial charge in [-0.15, -0.1) is 0 Å². The van der Waals surface area contributed by atoms with Crippen molar-refractivity contribution in [2.45, 2.75) is 58.7 Å². The molecule has 2 aliphatic carbocycles. The van der Waals surface area contributed by atoms with Gasteiger partial charge < -0.3 is 10.4 Å². The Morgan fingerprint density at radius 3 is 2.67 bits per heavy atom. The minimum atomic E-state index is -0.232. The number of nitrogens with one attached hydrogen (secondary N) is 1. The van der Waals surface area contributed by atoms with Gasteiger partial charge in [-0.1, -0.05) is 44.7 Å². The largest absolute Gasteiger partial charge is 0.384 e. The van der Waals surface area contributed by atoms with Gasteiger partial charge in [-0.25, -0.2) is 4.39 Å². The number of halogens is 1. The molecule has 1 saturated heterocycles. The van der Waals surface area contributed by atoms with Gasteiger partial charge in [0.1, 0.15) is 12.4 Å². The Balaban J connectivity index is 1.76. The van der Waals surface area contributed by atoms with E-state index in [4.69, 9.17) is 0 Å². The van der Waals surface area contributed by atoms with Crippen LogP contribution in [0.15, 0.2) is 24.3 Å². The van der Waals surface area contributed by atoms with Crippen LogP contribution in [0.5, 0.6) is 0 Å². The molecule has 2 saturated carbocycles. The fourth-order valence-corrected chi connectivity index (χ4v) is 6.56. The Kier molecular flexibility index (Phi) is 4.62. The maximum Gasteiger partial charge on any atom is 0.123 e. The van der Waals surface area contributed by atoms with E-state index >= 15 is 0 Å². The molecular weight excluding hydrogens is 339 g/mol. The van der Waals surface area contributed by atoms with Gasteiger partial charge in [0.2, 0.25) is 0 Å². The van der Waals surface area contributed by atoms with E-state index in [0.29, 0.717) is 34.7 Å². The van der Waals surface area contributed by atoms with Crippen molar-refractivity contribution in [2.75, 3.05) is 13.3 Å². The molecule has 4 heteroatoms. The van der Waals surface area contributed by atoms with Crippen LogP contribution in [0.1, 0.15) is 52.1 Å². The molecule has 0 spiro atoms. The highest BCUT2D eigenvalue weighted by atomic mass is 19.1. The Hall–Kier alpha value is -1.41. The maximum absolute atomic E-state index is 13.5. The van der Waals surface area contributed by atoms with E-state index in [1.54, 1.807) is 0 Å². The van der Waals surface area contributed by atoms with E-state index in [2.05, 4.69) is 49.8 Å². The molecule has 0 aromatic heterocycles. The van der Waals surface area contributed by atoms with Crippen molar-refractivity contribution < 1.29 is 9.50 Å². The molecular formula is C23H31FN2O. The lowest BCUT2D eigenvalue weighted by Gasteiger charge is -2.52. The Bertz CT molecular complexity index is 765. The van der Waals surface area contributed by atoms with Gasteiger partial charge in [-0.2, -0.15) is 0 Å². The maximum atomic E-state index is 13.5. The van der Waals surface area contributed by atoms with Crippen LogP contribution in [0.3, 0.4) is 0 Å². The van der Waals surface area contributed by atoms with Crippen molar-refractivity contribution >= 4 is 0 Å². The highest BCUT2D eigenvalue weighted by molar-refractivity contribution is 5.30. The lowest BCUT2D eigenvalue weighted by molar-refractivity contribution is -0.0179. The average Bonchev–Trinajstić information content (AvgIpc) is 2.97. The molecule has 146 valence electrons. The SMILES string of the molecule is CC1NCN([C@H](C#CCO)c2ccc(F)cc2)[C@@H]2[C@H]3CC[C@@](C)([C@H]12)C3(C)C. The first-order valence-corrected chi connectivity index (χ1v) is 10.1. The molecule has 1 aliphatic heterocycles. The van der Waals surface area contributed by atoms with E-state index in [1.807, 2.05) is 12.1 Å². The van der Waals surface area contributed by atoms with Crippen LogP contribution in [0.4, 0.5) is 4.39 Å². The molecule has 0 amide bonds. The molecule has 1 heterocycles. The lowest BCUT2D eigenvalue weighted by Crippen LogP contribution is -2.62. The predicted molar refractivity (Wildman–Crippen MR) is 105 cm³/mol. The van der Waals surface area contributed by atoms with Crippen LogP contribution < -0.4 is 5.32 Å². The van der Waals surface area contributed by atoms with E-state index in [1.165, 1.54) is 25.0 Å². The summed E-state index contributed by atoms with van der Waals surface area (Å²) in [6.07, 6.45) is 2.55. The number of nitrogens with zero attached hydrogens (tertiary/aromatic N) is 1. The summed E-state index contributed by atoms with van der Waals surface area (Å²) < 4.78 is 13.5. The Morgan fingerprint density at radius 1 is 1.30 bits per heavy atom. The van der Waals surface area contributed by atoms with Crippen molar-refractivity contribution in [1.29, 1.82) is 0 Å². The molecule has 3 nitrogen and oxygen atoms in total. The highest BCUT2D eigenvalue weighted by Crippen LogP contribution is 2.70. The number of benzene rings is 1. The number of aliphatic hydroxyl groups is 1. The average molecular weight is 371 g/mol. The van der Waals surface area contributed by atoms with E-state index in [-0.39, 0.29) is 18.5 Å². The van der Waals surface area contributed by atoms with Gasteiger partial charge in [0.25, 0.3) is 0 Å². The Labute approximate surface area is 162 Å². The van der Waals surface area contributed by atoms with Crippen molar-refractivity contribution in [3.63, 3.8) is 0 Å². The van der Waals surface area contributed by atoms with Crippen LogP contribution in [-0.2, 0) is 0 Å². The monoisotopic (exact) mass is 370 g/mol. The van der Waals surface area contributed by atoms with Gasteiger partial charge in [-0.05, 0) is 60.1 Å². The summed E-state index contributed by atoms with van der Waals surface area (Å²) >= 11 is 0. The number of rotatable bonds is 2. The summed E-state index contributed by atoms with van der Waals surface area (Å²) in [7, 11) is 0. The minimum Gasteiger partial charge on any atom is -0.384 e. The standard InChI is InChI=1S/C23H31FN2O/c1-15-20-21(18-11-12-23(20,4)22(18,2)3)26(14-25-15)19(6-5-13-27)16-7-9-17(24)10-8-16/h7-10,15,18-21,25,27H,11-14H2,1-4H3/t15?,18-,19-,20-,21-,23+/m1/s1. The minimum absolute atomic E-state index is 0.135. The molecule has 4 rings (SSSR count). The van der Waals surface area contributed by atoms with Gasteiger partial charge >= 0.3 is 0 Å². The van der Waals surface area contributed by atoms with Gasteiger partial charge in [-0.3, -0.25) is 4.90 Å². The summed E-state index contributed by atoms with van der Waals surface area (Å²) in [5.41, 5.74) is 1.60. The molecule has 2 N–H and O–H groups in total. The quantitative estimate of drug-likeness (QED) is 0.782. The van der Waals surface area contributed by atoms with Crippen LogP contribution in [-0.4, -0.2) is 35.4 Å². The van der Waals surface area contributed by atoms with E-state index < -0.39 is 0 Å². The zero-order chi connectivity index (χ0) is 19.4. The summed E-state index contributed by atoms with van der Waals surface area (Å²) in [5.74, 6) is 7.10. The molecule has 2 bridgehead atoms. The normalized spacial score (nSPS) is 38.1. The molecule has 1 aromatic carbocycles. The van der Waals surface area contributed by atoms with Gasteiger partial charge in [0.05, 0.1) is 12.7 Å². The van der Waals surface area contributed by atoms with Crippen molar-refractivity contribution in [3.05, 3.63) is 35.6 Å². The third-order valence-corrected chi connectivity index (χ3v) is 8.24. The predicted octanol–water partition coefficient (Wildman–Crippen LogP) is 3.55. The fourth-order valence-electron chi connectivity index (χ4n) is 6.56. The summed E-state index contributed by atoms with van der Waals surface area (Å²) in [6.45, 7) is 10.3. The van der Waals surface area contributed by atoms with Crippen LogP contribution >= 0.6 is 0 Å². The second-order valence-electron chi connectivity index (χ2n) is 9.40. The summed E-state index contributed by atoms with van der Waals surface area (Å²) in [5, 5.41) is 13.0. The molecule has 1 unspecified atom stereocenters. The summed E-state index contributed by atoms with van der Waals surface area (Å²) in [6, 6.07) is 7.47. The second-order valence-corrected chi connectivity index (χ2v) is 9.40. The van der Waals surface area contributed by atoms with Crippen molar-refractivity contribution in [1.82, 2.24) is 10.2 Å². The van der Waals surface area contributed by atoms with E-state index in [9.17, 15) is 9.50 Å². The zero-order valence-electron chi connectivity index (χ0n) is 16.8. The third kappa shape index (κ3) is 2.67.